The Labute approximate surface area is 219 Å². The molecular formula is C25H28ClN9O2. The molecule has 2 fully saturated rings. The van der Waals surface area contributed by atoms with Crippen molar-refractivity contribution in [2.45, 2.75) is 51.0 Å². The Bertz CT molecular complexity index is 1300. The third-order valence-electron chi connectivity index (χ3n) is 6.78. The number of hydrogen-bond acceptors (Lipinski definition) is 9. The van der Waals surface area contributed by atoms with Gasteiger partial charge in [-0.3, -0.25) is 4.90 Å². The SMILES string of the molecule is Clc1ccc(Cc2nccc(OC3CCN(Cc4nc(-c5nnn[nH]5)cn4C[C@@H]4CCO4)CC3)n2)cc1. The minimum Gasteiger partial charge on any atom is -0.474 e. The number of aromatic amines is 1. The van der Waals surface area contributed by atoms with Gasteiger partial charge in [-0.25, -0.2) is 15.1 Å². The number of aromatic nitrogens is 8. The van der Waals surface area contributed by atoms with Crippen LogP contribution in [0.25, 0.3) is 11.5 Å². The molecule has 0 saturated carbocycles. The van der Waals surface area contributed by atoms with E-state index in [1.807, 2.05) is 36.5 Å². The van der Waals surface area contributed by atoms with Gasteiger partial charge in [0.2, 0.25) is 5.88 Å². The van der Waals surface area contributed by atoms with E-state index < -0.39 is 0 Å². The number of halogens is 1. The number of tetrazole rings is 1. The molecule has 5 heterocycles. The van der Waals surface area contributed by atoms with E-state index >= 15 is 0 Å². The second kappa shape index (κ2) is 10.9. The molecule has 192 valence electrons. The molecule has 4 aromatic rings. The zero-order valence-corrected chi connectivity index (χ0v) is 21.1. The van der Waals surface area contributed by atoms with Gasteiger partial charge in [-0.1, -0.05) is 23.7 Å². The van der Waals surface area contributed by atoms with Gasteiger partial charge < -0.3 is 14.0 Å². The van der Waals surface area contributed by atoms with Gasteiger partial charge in [-0.05, 0) is 47.4 Å². The zero-order valence-electron chi connectivity index (χ0n) is 20.3. The highest BCUT2D eigenvalue weighted by atomic mass is 35.5. The Hall–Kier alpha value is -3.41. The number of rotatable bonds is 9. The number of imidazole rings is 1. The van der Waals surface area contributed by atoms with Crippen LogP contribution >= 0.6 is 11.6 Å². The molecule has 0 radical (unpaired) electrons. The van der Waals surface area contributed by atoms with E-state index in [0.717, 1.165) is 80.0 Å². The van der Waals surface area contributed by atoms with Crippen LogP contribution in [-0.4, -0.2) is 76.9 Å². The van der Waals surface area contributed by atoms with Gasteiger partial charge in [0.15, 0.2) is 5.82 Å². The van der Waals surface area contributed by atoms with Crippen LogP contribution in [0, 0.1) is 0 Å². The Balaban J connectivity index is 1.05. The molecular weight excluding hydrogens is 494 g/mol. The molecule has 0 amide bonds. The van der Waals surface area contributed by atoms with E-state index in [0.29, 0.717) is 18.1 Å². The number of H-pyrrole nitrogens is 1. The van der Waals surface area contributed by atoms with Gasteiger partial charge in [0.1, 0.15) is 23.4 Å². The maximum Gasteiger partial charge on any atom is 0.216 e. The van der Waals surface area contributed by atoms with E-state index in [9.17, 15) is 0 Å². The Morgan fingerprint density at radius 1 is 1.08 bits per heavy atom. The van der Waals surface area contributed by atoms with Crippen molar-refractivity contribution >= 4 is 11.6 Å². The molecule has 2 saturated heterocycles. The lowest BCUT2D eigenvalue weighted by atomic mass is 10.1. The van der Waals surface area contributed by atoms with Crippen molar-refractivity contribution < 1.29 is 9.47 Å². The van der Waals surface area contributed by atoms with Gasteiger partial charge in [0.25, 0.3) is 0 Å². The molecule has 0 unspecified atom stereocenters. The van der Waals surface area contributed by atoms with Gasteiger partial charge >= 0.3 is 0 Å². The summed E-state index contributed by atoms with van der Waals surface area (Å²) in [5, 5.41) is 14.9. The number of hydrogen-bond donors (Lipinski definition) is 1. The Kier molecular flexibility index (Phi) is 7.07. The first-order valence-corrected chi connectivity index (χ1v) is 12.9. The van der Waals surface area contributed by atoms with Gasteiger partial charge in [0.05, 0.1) is 19.2 Å². The zero-order chi connectivity index (χ0) is 25.0. The van der Waals surface area contributed by atoms with Crippen LogP contribution in [0.4, 0.5) is 0 Å². The summed E-state index contributed by atoms with van der Waals surface area (Å²) in [6.45, 7) is 4.20. The highest BCUT2D eigenvalue weighted by Gasteiger charge is 2.25. The smallest absolute Gasteiger partial charge is 0.216 e. The van der Waals surface area contributed by atoms with Crippen LogP contribution in [0.15, 0.2) is 42.7 Å². The van der Waals surface area contributed by atoms with Gasteiger partial charge in [-0.15, -0.1) is 5.10 Å². The average molecular weight is 522 g/mol. The largest absolute Gasteiger partial charge is 0.474 e. The van der Waals surface area contributed by atoms with Crippen molar-refractivity contribution in [3.63, 3.8) is 0 Å². The van der Waals surface area contributed by atoms with Gasteiger partial charge in [0, 0.05) is 49.6 Å². The van der Waals surface area contributed by atoms with Crippen LogP contribution in [0.2, 0.25) is 5.02 Å². The van der Waals surface area contributed by atoms with Crippen LogP contribution < -0.4 is 4.74 Å². The summed E-state index contributed by atoms with van der Waals surface area (Å²) in [5.74, 6) is 2.92. The second-order valence-corrected chi connectivity index (χ2v) is 9.87. The number of benzene rings is 1. The van der Waals surface area contributed by atoms with Crippen molar-refractivity contribution in [1.82, 2.24) is 45.0 Å². The Morgan fingerprint density at radius 2 is 1.92 bits per heavy atom. The van der Waals surface area contributed by atoms with Crippen molar-refractivity contribution in [2.75, 3.05) is 19.7 Å². The number of nitrogens with one attached hydrogen (secondary N) is 1. The lowest BCUT2D eigenvalue weighted by Crippen LogP contribution is -2.39. The molecule has 0 aliphatic carbocycles. The highest BCUT2D eigenvalue weighted by molar-refractivity contribution is 6.30. The lowest BCUT2D eigenvalue weighted by Gasteiger charge is -2.32. The monoisotopic (exact) mass is 521 g/mol. The van der Waals surface area contributed by atoms with E-state index in [1.54, 1.807) is 6.20 Å². The number of ether oxygens (including phenoxy) is 2. The fraction of sp³-hybridized carbons (Fsp3) is 0.440. The molecule has 0 spiro atoms. The van der Waals surface area contributed by atoms with Crippen LogP contribution in [0.5, 0.6) is 5.88 Å². The van der Waals surface area contributed by atoms with E-state index in [1.165, 1.54) is 0 Å². The molecule has 2 aliphatic rings. The molecule has 3 aromatic heterocycles. The molecule has 2 aliphatic heterocycles. The number of nitrogens with zero attached hydrogens (tertiary/aromatic N) is 8. The van der Waals surface area contributed by atoms with Crippen molar-refractivity contribution in [2.24, 2.45) is 0 Å². The normalized spacial score (nSPS) is 18.6. The van der Waals surface area contributed by atoms with E-state index in [2.05, 4.69) is 40.1 Å². The standard InChI is InChI=1S/C25H28ClN9O2/c26-18-3-1-17(2-4-18)13-22-27-9-5-24(29-22)37-19-6-10-34(11-7-19)16-23-28-21(25-30-32-33-31-25)15-35(23)14-20-8-12-36-20/h1-5,9,15,19-20H,6-8,10-14,16H2,(H,30,31,32,33)/t20-/m0/s1. The van der Waals surface area contributed by atoms with Crippen LogP contribution in [0.1, 0.15) is 36.5 Å². The third kappa shape index (κ3) is 5.95. The van der Waals surface area contributed by atoms with Crippen LogP contribution in [-0.2, 0) is 24.2 Å². The van der Waals surface area contributed by atoms with Gasteiger partial charge in [-0.2, -0.15) is 4.98 Å². The number of likely N-dealkylation sites (tertiary alicyclic amines) is 1. The summed E-state index contributed by atoms with van der Waals surface area (Å²) in [6.07, 6.45) is 7.67. The summed E-state index contributed by atoms with van der Waals surface area (Å²) in [7, 11) is 0. The topological polar surface area (TPSA) is 120 Å². The summed E-state index contributed by atoms with van der Waals surface area (Å²) < 4.78 is 14.1. The molecule has 12 heteroatoms. The fourth-order valence-electron chi connectivity index (χ4n) is 4.64. The average Bonchev–Trinajstić information content (AvgIpc) is 3.55. The summed E-state index contributed by atoms with van der Waals surface area (Å²) >= 11 is 5.99. The number of piperidine rings is 1. The van der Waals surface area contributed by atoms with E-state index in [-0.39, 0.29) is 12.2 Å². The first-order valence-electron chi connectivity index (χ1n) is 12.5. The molecule has 1 N–H and O–H groups in total. The molecule has 1 aromatic carbocycles. The van der Waals surface area contributed by atoms with E-state index in [4.69, 9.17) is 26.1 Å². The predicted octanol–water partition coefficient (Wildman–Crippen LogP) is 2.93. The first kappa shape index (κ1) is 24.0. The highest BCUT2D eigenvalue weighted by Crippen LogP contribution is 2.22. The van der Waals surface area contributed by atoms with Crippen molar-refractivity contribution in [3.8, 4) is 17.4 Å². The Morgan fingerprint density at radius 3 is 2.65 bits per heavy atom. The third-order valence-corrected chi connectivity index (χ3v) is 7.04. The molecule has 37 heavy (non-hydrogen) atoms. The summed E-state index contributed by atoms with van der Waals surface area (Å²) in [6, 6.07) is 9.57. The lowest BCUT2D eigenvalue weighted by molar-refractivity contribution is -0.0598. The first-order chi connectivity index (χ1) is 18.2. The fourth-order valence-corrected chi connectivity index (χ4v) is 4.77. The summed E-state index contributed by atoms with van der Waals surface area (Å²) in [4.78, 5) is 16.3. The van der Waals surface area contributed by atoms with Crippen LogP contribution in [0.3, 0.4) is 0 Å². The maximum atomic E-state index is 6.24. The van der Waals surface area contributed by atoms with Crippen molar-refractivity contribution in [1.29, 1.82) is 0 Å². The summed E-state index contributed by atoms with van der Waals surface area (Å²) in [5.41, 5.74) is 1.86. The molecule has 0 bridgehead atoms. The second-order valence-electron chi connectivity index (χ2n) is 9.43. The minimum atomic E-state index is 0.119. The molecule has 6 rings (SSSR count). The van der Waals surface area contributed by atoms with Crippen molar-refractivity contribution in [3.05, 3.63) is 65.0 Å². The maximum absolute atomic E-state index is 6.24. The molecule has 11 nitrogen and oxygen atoms in total. The quantitative estimate of drug-likeness (QED) is 0.354. The minimum absolute atomic E-state index is 0.119. The molecule has 1 atom stereocenters. The predicted molar refractivity (Wildman–Crippen MR) is 135 cm³/mol.